The molecule has 0 radical (unpaired) electrons. The predicted molar refractivity (Wildman–Crippen MR) is 337 cm³/mol. The number of alkyl halides is 2. The van der Waals surface area contributed by atoms with Crippen LogP contribution in [0.1, 0.15) is 135 Å². The molecule has 3 aliphatic rings. The van der Waals surface area contributed by atoms with Crippen molar-refractivity contribution < 1.29 is 65.6 Å². The Kier molecular flexibility index (Phi) is 22.6. The molecule has 9 rings (SSSR count). The van der Waals surface area contributed by atoms with Gasteiger partial charge in [0.25, 0.3) is 18.2 Å². The lowest BCUT2D eigenvalue weighted by Gasteiger charge is -2.41. The van der Waals surface area contributed by atoms with E-state index in [9.17, 15) is 37.5 Å². The molecule has 492 valence electrons. The van der Waals surface area contributed by atoms with Gasteiger partial charge >= 0.3 is 6.09 Å². The van der Waals surface area contributed by atoms with Crippen LogP contribution in [-0.2, 0) is 52.7 Å². The van der Waals surface area contributed by atoms with Gasteiger partial charge in [-0.05, 0) is 149 Å². The van der Waals surface area contributed by atoms with Crippen LogP contribution in [-0.4, -0.2) is 150 Å². The second kappa shape index (κ2) is 30.6. The van der Waals surface area contributed by atoms with Gasteiger partial charge in [-0.1, -0.05) is 51.1 Å². The molecular weight excluding hydrogens is 1190 g/mol. The highest BCUT2D eigenvalue weighted by atomic mass is 19.3. The Balaban J connectivity index is 0.677. The van der Waals surface area contributed by atoms with Crippen molar-refractivity contribution in [3.8, 4) is 22.9 Å². The maximum Gasteiger partial charge on any atom is 0.416 e. The topological polar surface area (TPSA) is 272 Å². The number of aryl methyl sites for hydroxylation is 1. The van der Waals surface area contributed by atoms with E-state index < -0.39 is 53.3 Å². The average Bonchev–Trinajstić information content (AvgIpc) is 1.04. The van der Waals surface area contributed by atoms with Crippen LogP contribution in [0, 0.1) is 11.3 Å². The van der Waals surface area contributed by atoms with Crippen LogP contribution in [0.3, 0.4) is 0 Å². The van der Waals surface area contributed by atoms with Crippen LogP contribution < -0.4 is 36.2 Å². The van der Waals surface area contributed by atoms with Gasteiger partial charge in [0.15, 0.2) is 11.4 Å². The van der Waals surface area contributed by atoms with E-state index in [-0.39, 0.29) is 92.9 Å². The number of likely N-dealkylation sites (N-methyl/N-ethyl adjacent to an activating group) is 1. The number of amides is 6. The third kappa shape index (κ3) is 18.1. The molecule has 92 heavy (non-hydrogen) atoms. The van der Waals surface area contributed by atoms with Gasteiger partial charge in [0.1, 0.15) is 42.1 Å². The normalized spacial score (nSPS) is 16.2. The number of halogens is 2. The monoisotopic (exact) mass is 1270 g/mol. The molecule has 25 heteroatoms. The van der Waals surface area contributed by atoms with Gasteiger partial charge in [0.05, 0.1) is 69.3 Å². The first-order chi connectivity index (χ1) is 44.0. The van der Waals surface area contributed by atoms with E-state index in [0.29, 0.717) is 60.7 Å². The fraction of sp³-hybridized carbons (Fsp3) is 0.478. The van der Waals surface area contributed by atoms with E-state index in [1.54, 1.807) is 51.8 Å². The first-order valence-electron chi connectivity index (χ1n) is 31.2. The van der Waals surface area contributed by atoms with Crippen LogP contribution in [0.2, 0.25) is 0 Å². The SMILES string of the molecule is CN[C@@H](C)C(=O)N[C@H](C(=O)N1Cc2cc(OCCOCCOCCOCCNC(=O)c3ccc(-n4cc(NC(=O)c5coc(-c6ccnc(N(CC7CC7)C(=O)OC(C)(C)C)c6)n5)c(C(F)F)n4)cc3)ccc2C[C@H]1C(=O)N[C@@H]1CCCc2ccccc21)C(C)(C)C. The molecular formula is C67H83F2N11O12. The zero-order valence-corrected chi connectivity index (χ0v) is 53.4. The number of rotatable bonds is 28. The number of ether oxygens (including phenoxy) is 5. The number of carbonyl (C=O) groups is 6. The molecule has 23 nitrogen and oxygen atoms in total. The molecule has 1 aliphatic heterocycles. The van der Waals surface area contributed by atoms with Crippen molar-refractivity contribution in [3.05, 3.63) is 137 Å². The van der Waals surface area contributed by atoms with Crippen molar-refractivity contribution in [2.24, 2.45) is 11.3 Å². The molecule has 3 aromatic carbocycles. The molecule has 4 heterocycles. The van der Waals surface area contributed by atoms with Crippen LogP contribution in [0.25, 0.3) is 17.1 Å². The summed E-state index contributed by atoms with van der Waals surface area (Å²) in [6.45, 7) is 15.4. The van der Waals surface area contributed by atoms with Gasteiger partial charge in [-0.2, -0.15) is 5.10 Å². The molecule has 1 saturated carbocycles. The van der Waals surface area contributed by atoms with Crippen LogP contribution in [0.4, 0.5) is 25.1 Å². The summed E-state index contributed by atoms with van der Waals surface area (Å²) >= 11 is 0. The van der Waals surface area contributed by atoms with Gasteiger partial charge in [-0.15, -0.1) is 0 Å². The first-order valence-corrected chi connectivity index (χ1v) is 31.2. The lowest BCUT2D eigenvalue weighted by Crippen LogP contribution is -2.62. The number of oxazole rings is 1. The highest BCUT2D eigenvalue weighted by Crippen LogP contribution is 2.36. The van der Waals surface area contributed by atoms with Gasteiger partial charge in [0, 0.05) is 43.4 Å². The number of hydrogen-bond donors (Lipinski definition) is 5. The average molecular weight is 1270 g/mol. The molecule has 0 saturated heterocycles. The zero-order chi connectivity index (χ0) is 65.7. The van der Waals surface area contributed by atoms with E-state index >= 15 is 0 Å². The molecule has 6 aromatic rings. The summed E-state index contributed by atoms with van der Waals surface area (Å²) in [6, 6.07) is 20.7. The molecule has 2 aliphatic carbocycles. The Morgan fingerprint density at radius 1 is 0.815 bits per heavy atom. The molecule has 6 amide bonds. The van der Waals surface area contributed by atoms with Crippen molar-refractivity contribution >= 4 is 47.1 Å². The van der Waals surface area contributed by atoms with E-state index in [4.69, 9.17) is 28.1 Å². The number of benzene rings is 3. The van der Waals surface area contributed by atoms with Crippen molar-refractivity contribution in [1.29, 1.82) is 0 Å². The second-order valence-corrected chi connectivity index (χ2v) is 25.2. The van der Waals surface area contributed by atoms with Crippen molar-refractivity contribution in [2.45, 2.75) is 130 Å². The number of carbonyl (C=O) groups excluding carboxylic acids is 6. The minimum absolute atomic E-state index is 0.0359. The quantitative estimate of drug-likeness (QED) is 0.0287. The summed E-state index contributed by atoms with van der Waals surface area (Å²) in [5.41, 5.74) is 2.59. The smallest absolute Gasteiger partial charge is 0.416 e. The van der Waals surface area contributed by atoms with Crippen LogP contribution in [0.5, 0.6) is 5.75 Å². The fourth-order valence-corrected chi connectivity index (χ4v) is 10.7. The number of hydrogen-bond acceptors (Lipinski definition) is 16. The van der Waals surface area contributed by atoms with E-state index in [1.807, 2.05) is 51.1 Å². The van der Waals surface area contributed by atoms with Gasteiger partial charge in [0.2, 0.25) is 23.6 Å². The van der Waals surface area contributed by atoms with Crippen LogP contribution in [0.15, 0.2) is 102 Å². The molecule has 1 fully saturated rings. The van der Waals surface area contributed by atoms with E-state index in [0.717, 1.165) is 59.7 Å². The summed E-state index contributed by atoms with van der Waals surface area (Å²) in [6.07, 6.45) is 5.14. The number of fused-ring (bicyclic) bond motifs is 2. The van der Waals surface area contributed by atoms with E-state index in [1.165, 1.54) is 47.1 Å². The Labute approximate surface area is 534 Å². The summed E-state index contributed by atoms with van der Waals surface area (Å²) < 4.78 is 64.1. The molecule has 3 aromatic heterocycles. The largest absolute Gasteiger partial charge is 0.491 e. The summed E-state index contributed by atoms with van der Waals surface area (Å²) in [5, 5.41) is 18.4. The maximum atomic E-state index is 14.7. The highest BCUT2D eigenvalue weighted by molar-refractivity contribution is 6.03. The summed E-state index contributed by atoms with van der Waals surface area (Å²) in [7, 11) is 1.68. The maximum absolute atomic E-state index is 14.7. The summed E-state index contributed by atoms with van der Waals surface area (Å²) in [4.78, 5) is 93.5. The zero-order valence-electron chi connectivity index (χ0n) is 53.4. The number of pyridine rings is 1. The number of anilines is 2. The Morgan fingerprint density at radius 2 is 1.53 bits per heavy atom. The van der Waals surface area contributed by atoms with Gasteiger partial charge in [-0.25, -0.2) is 28.2 Å². The highest BCUT2D eigenvalue weighted by Gasteiger charge is 2.43. The molecule has 4 atom stereocenters. The predicted octanol–water partition coefficient (Wildman–Crippen LogP) is 8.71. The van der Waals surface area contributed by atoms with Crippen molar-refractivity contribution in [1.82, 2.24) is 45.9 Å². The lowest BCUT2D eigenvalue weighted by molar-refractivity contribution is -0.147. The molecule has 5 N–H and O–H groups in total. The second-order valence-electron chi connectivity index (χ2n) is 25.2. The first kappa shape index (κ1) is 67.7. The van der Waals surface area contributed by atoms with Crippen LogP contribution >= 0.6 is 0 Å². The Morgan fingerprint density at radius 3 is 2.23 bits per heavy atom. The standard InChI is InChI=1S/C67H83F2N11O12/c1-41(70-8)59(81)76-57(66(2,3)4)64(85)78-38-47-34-49(23-20-45(47)35-54(78)62(84)73-51-15-11-13-43-12-9-10-14-50(43)51)90-33-32-89-31-30-88-29-28-87-27-26-72-60(82)44-18-21-48(22-19-44)80-39-52(56(77-80)58(68)69)74-61(83)53-40-91-63(75-53)46-24-25-71-55(36-46)79(37-42-16-17-42)65(86)92-67(5,6)7/h9-10,12,14,18-25,34,36,39-42,51,54,57-58,70H,11,13,15-17,26-33,35,37-38H2,1-8H3,(H,72,82)(H,73,84)(H,74,83)(H,76,81)/t41-,51+,54-,57+/m0/s1. The van der Waals surface area contributed by atoms with Crippen molar-refractivity contribution in [3.63, 3.8) is 0 Å². The number of aromatic nitrogens is 4. The van der Waals surface area contributed by atoms with Gasteiger partial charge < -0.3 is 59.6 Å². The molecule has 0 unspecified atom stereocenters. The Hall–Kier alpha value is -8.65. The van der Waals surface area contributed by atoms with E-state index in [2.05, 4.69) is 53.8 Å². The number of nitrogens with one attached hydrogen (secondary N) is 5. The van der Waals surface area contributed by atoms with Crippen molar-refractivity contribution in [2.75, 3.05) is 76.6 Å². The third-order valence-electron chi connectivity index (χ3n) is 15.9. The lowest BCUT2D eigenvalue weighted by atomic mass is 9.83. The number of nitrogens with zero attached hydrogens (tertiary/aromatic N) is 6. The fourth-order valence-electron chi connectivity index (χ4n) is 10.7. The minimum Gasteiger partial charge on any atom is -0.491 e. The molecule has 0 bridgehead atoms. The minimum atomic E-state index is -3.05. The van der Waals surface area contributed by atoms with Gasteiger partial charge in [-0.3, -0.25) is 28.9 Å². The Bertz CT molecular complexity index is 3540. The molecule has 0 spiro atoms. The summed E-state index contributed by atoms with van der Waals surface area (Å²) in [5.74, 6) is -0.859. The third-order valence-corrected chi connectivity index (χ3v) is 15.9.